The highest BCUT2D eigenvalue weighted by molar-refractivity contribution is 6.14. The predicted octanol–water partition coefficient (Wildman–Crippen LogP) is 4.98. The normalized spacial score (nSPS) is 13.1. The van der Waals surface area contributed by atoms with E-state index in [2.05, 4.69) is 0 Å². The lowest BCUT2D eigenvalue weighted by Gasteiger charge is -2.12. The fraction of sp³-hybridized carbons (Fsp3) is 0.160. The Morgan fingerprint density at radius 2 is 1.76 bits per heavy atom. The van der Waals surface area contributed by atoms with Crippen molar-refractivity contribution in [2.45, 2.75) is 19.8 Å². The van der Waals surface area contributed by atoms with Crippen LogP contribution in [0.25, 0.3) is 16.6 Å². The molecule has 0 spiro atoms. The van der Waals surface area contributed by atoms with Gasteiger partial charge in [-0.25, -0.2) is 0 Å². The summed E-state index contributed by atoms with van der Waals surface area (Å²) < 4.78 is 7.33. The maximum absolute atomic E-state index is 13.7. The zero-order valence-electron chi connectivity index (χ0n) is 16.4. The molecule has 4 heteroatoms. The topological polar surface area (TPSA) is 51.5 Å². The van der Waals surface area contributed by atoms with Crippen molar-refractivity contribution in [3.63, 3.8) is 0 Å². The Kier molecular flexibility index (Phi) is 3.95. The molecule has 1 aliphatic rings. The average molecular weight is 383 g/mol. The van der Waals surface area contributed by atoms with E-state index in [4.69, 9.17) is 4.74 Å². The number of aryl methyl sites for hydroxylation is 3. The van der Waals surface area contributed by atoms with Crippen LogP contribution >= 0.6 is 0 Å². The number of rotatable bonds is 2. The Bertz CT molecular complexity index is 1270. The largest absolute Gasteiger partial charge is 0.508 e. The van der Waals surface area contributed by atoms with Crippen molar-refractivity contribution in [3.8, 4) is 17.2 Å². The van der Waals surface area contributed by atoms with Crippen LogP contribution in [0.5, 0.6) is 11.5 Å². The van der Waals surface area contributed by atoms with Gasteiger partial charge in [-0.3, -0.25) is 4.79 Å². The number of ether oxygens (including phenoxy) is 1. The van der Waals surface area contributed by atoms with Gasteiger partial charge in [0.1, 0.15) is 11.5 Å². The maximum Gasteiger partial charge on any atom is 0.210 e. The highest BCUT2D eigenvalue weighted by Crippen LogP contribution is 2.38. The molecule has 144 valence electrons. The van der Waals surface area contributed by atoms with Crippen molar-refractivity contribution in [1.82, 2.24) is 4.57 Å². The van der Waals surface area contributed by atoms with Gasteiger partial charge < -0.3 is 14.4 Å². The molecule has 4 nitrogen and oxygen atoms in total. The molecule has 0 fully saturated rings. The van der Waals surface area contributed by atoms with Gasteiger partial charge in [0.2, 0.25) is 5.78 Å². The molecule has 0 bridgehead atoms. The molecule has 1 aliphatic carbocycles. The molecule has 5 rings (SSSR count). The van der Waals surface area contributed by atoms with Crippen molar-refractivity contribution in [1.29, 1.82) is 0 Å². The average Bonchev–Trinajstić information content (AvgIpc) is 2.97. The van der Waals surface area contributed by atoms with Crippen LogP contribution in [-0.4, -0.2) is 22.6 Å². The first-order valence-electron chi connectivity index (χ1n) is 9.72. The van der Waals surface area contributed by atoms with E-state index in [1.54, 1.807) is 13.2 Å². The van der Waals surface area contributed by atoms with E-state index >= 15 is 0 Å². The summed E-state index contributed by atoms with van der Waals surface area (Å²) in [5, 5.41) is 11.3. The minimum Gasteiger partial charge on any atom is -0.508 e. The van der Waals surface area contributed by atoms with Crippen molar-refractivity contribution >= 4 is 16.7 Å². The lowest BCUT2D eigenvalue weighted by molar-refractivity contribution is 0.103. The molecule has 1 N–H and O–H groups in total. The number of aromatic nitrogens is 1. The van der Waals surface area contributed by atoms with Crippen LogP contribution in [0.2, 0.25) is 0 Å². The molecule has 0 radical (unpaired) electrons. The van der Waals surface area contributed by atoms with Gasteiger partial charge in [0.05, 0.1) is 18.3 Å². The monoisotopic (exact) mass is 383 g/mol. The van der Waals surface area contributed by atoms with Crippen LogP contribution in [0.3, 0.4) is 0 Å². The molecule has 0 saturated heterocycles. The van der Waals surface area contributed by atoms with Crippen molar-refractivity contribution in [3.05, 3.63) is 88.6 Å². The molecule has 0 aliphatic heterocycles. The molecule has 3 aromatic carbocycles. The number of benzene rings is 3. The molecule has 0 saturated carbocycles. The smallest absolute Gasteiger partial charge is 0.210 e. The molecule has 1 heterocycles. The second-order valence-corrected chi connectivity index (χ2v) is 7.50. The number of aromatic hydroxyl groups is 1. The van der Waals surface area contributed by atoms with E-state index in [1.165, 1.54) is 0 Å². The number of carbonyl (C=O) groups excluding carboxylic acids is 1. The quantitative estimate of drug-likeness (QED) is 0.531. The summed E-state index contributed by atoms with van der Waals surface area (Å²) in [6.45, 7) is 1.88. The number of methoxy groups -OCH3 is 1. The van der Waals surface area contributed by atoms with Crippen LogP contribution in [0.15, 0.2) is 60.7 Å². The SMILES string of the molecule is COc1ccc(-n2c3c(c4cc(O)c(C)cc42)CCc2ccccc2C3=O)cc1. The summed E-state index contributed by atoms with van der Waals surface area (Å²) in [4.78, 5) is 13.7. The zero-order valence-corrected chi connectivity index (χ0v) is 16.4. The predicted molar refractivity (Wildman–Crippen MR) is 114 cm³/mol. The number of nitrogens with zero attached hydrogens (tertiary/aromatic N) is 1. The van der Waals surface area contributed by atoms with Gasteiger partial charge in [-0.15, -0.1) is 0 Å². The Balaban J connectivity index is 1.86. The van der Waals surface area contributed by atoms with E-state index in [1.807, 2.05) is 66.1 Å². The molecule has 0 unspecified atom stereocenters. The molecular formula is C25H21NO3. The minimum atomic E-state index is 0.0252. The van der Waals surface area contributed by atoms with Crippen LogP contribution in [0, 0.1) is 6.92 Å². The number of carbonyl (C=O) groups is 1. The molecule has 1 aromatic heterocycles. The fourth-order valence-corrected chi connectivity index (χ4v) is 4.33. The standard InChI is InChI=1S/C25H21NO3/c1-15-13-22-21(14-23(15)27)20-12-7-16-5-3-4-6-19(16)25(28)24(20)26(22)17-8-10-18(29-2)11-9-17/h3-6,8-11,13-14,27H,7,12H2,1-2H3. The molecule has 4 aromatic rings. The van der Waals surface area contributed by atoms with E-state index in [9.17, 15) is 9.90 Å². The van der Waals surface area contributed by atoms with E-state index in [-0.39, 0.29) is 11.5 Å². The first-order chi connectivity index (χ1) is 14.1. The zero-order chi connectivity index (χ0) is 20.1. The Morgan fingerprint density at radius 3 is 2.52 bits per heavy atom. The van der Waals surface area contributed by atoms with Gasteiger partial charge in [0, 0.05) is 16.6 Å². The lowest BCUT2D eigenvalue weighted by Crippen LogP contribution is -2.10. The van der Waals surface area contributed by atoms with Crippen LogP contribution in [0.1, 0.15) is 32.7 Å². The van der Waals surface area contributed by atoms with Crippen LogP contribution in [-0.2, 0) is 12.8 Å². The number of ketones is 1. The van der Waals surface area contributed by atoms with E-state index in [0.717, 1.165) is 57.4 Å². The van der Waals surface area contributed by atoms with Crippen LogP contribution < -0.4 is 4.74 Å². The molecule has 0 atom stereocenters. The first kappa shape index (κ1) is 17.6. The van der Waals surface area contributed by atoms with Gasteiger partial charge in [-0.2, -0.15) is 0 Å². The second kappa shape index (κ2) is 6.52. The Morgan fingerprint density at radius 1 is 1.00 bits per heavy atom. The van der Waals surface area contributed by atoms with Crippen molar-refractivity contribution < 1.29 is 14.6 Å². The van der Waals surface area contributed by atoms with Crippen molar-refractivity contribution in [2.24, 2.45) is 0 Å². The van der Waals surface area contributed by atoms with Gasteiger partial charge in [0.25, 0.3) is 0 Å². The molecular weight excluding hydrogens is 362 g/mol. The van der Waals surface area contributed by atoms with Gasteiger partial charge in [-0.05, 0) is 72.9 Å². The van der Waals surface area contributed by atoms with Crippen LogP contribution in [0.4, 0.5) is 0 Å². The summed E-state index contributed by atoms with van der Waals surface area (Å²) in [6, 6.07) is 19.3. The number of fused-ring (bicyclic) bond motifs is 4. The fourth-order valence-electron chi connectivity index (χ4n) is 4.33. The van der Waals surface area contributed by atoms with Gasteiger partial charge >= 0.3 is 0 Å². The van der Waals surface area contributed by atoms with Gasteiger partial charge in [-0.1, -0.05) is 24.3 Å². The van der Waals surface area contributed by atoms with E-state index < -0.39 is 0 Å². The maximum atomic E-state index is 13.7. The van der Waals surface area contributed by atoms with E-state index in [0.29, 0.717) is 5.69 Å². The summed E-state index contributed by atoms with van der Waals surface area (Å²) in [5.74, 6) is 1.04. The summed E-state index contributed by atoms with van der Waals surface area (Å²) in [7, 11) is 1.64. The lowest BCUT2D eigenvalue weighted by atomic mass is 10.0. The third-order valence-corrected chi connectivity index (χ3v) is 5.84. The Labute approximate surface area is 169 Å². The molecule has 0 amide bonds. The third kappa shape index (κ3) is 2.64. The summed E-state index contributed by atoms with van der Waals surface area (Å²) in [5.41, 5.74) is 6.11. The minimum absolute atomic E-state index is 0.0252. The molecule has 29 heavy (non-hydrogen) atoms. The number of phenolic OH excluding ortho intramolecular Hbond substituents is 1. The highest BCUT2D eigenvalue weighted by atomic mass is 16.5. The van der Waals surface area contributed by atoms with Crippen molar-refractivity contribution in [2.75, 3.05) is 7.11 Å². The second-order valence-electron chi connectivity index (χ2n) is 7.50. The number of phenols is 1. The van der Waals surface area contributed by atoms with Gasteiger partial charge in [0.15, 0.2) is 0 Å². The first-order valence-corrected chi connectivity index (χ1v) is 9.72. The Hall–Kier alpha value is -3.53. The summed E-state index contributed by atoms with van der Waals surface area (Å²) in [6.07, 6.45) is 1.55. The summed E-state index contributed by atoms with van der Waals surface area (Å²) >= 11 is 0. The third-order valence-electron chi connectivity index (χ3n) is 5.84. The highest BCUT2D eigenvalue weighted by Gasteiger charge is 2.29. The number of hydrogen-bond donors (Lipinski definition) is 1. The number of hydrogen-bond acceptors (Lipinski definition) is 3.